The largest absolute Gasteiger partial charge is 0.316 e. The van der Waals surface area contributed by atoms with E-state index in [4.69, 9.17) is 0 Å². The molecule has 0 radical (unpaired) electrons. The van der Waals surface area contributed by atoms with Crippen molar-refractivity contribution in [1.29, 1.82) is 0 Å². The molecule has 0 bridgehead atoms. The quantitative estimate of drug-likeness (QED) is 0.725. The molecule has 6 heteroatoms. The zero-order valence-corrected chi connectivity index (χ0v) is 14.8. The topological polar surface area (TPSA) is 42.7 Å². The van der Waals surface area contributed by atoms with Gasteiger partial charge < -0.3 is 5.32 Å². The van der Waals surface area contributed by atoms with Crippen LogP contribution < -0.4 is 5.32 Å². The minimum atomic E-state index is 0.383. The van der Waals surface area contributed by atoms with E-state index in [1.165, 1.54) is 4.90 Å². The number of aryl methyl sites for hydroxylation is 1. The third-order valence-corrected chi connectivity index (χ3v) is 4.87. The van der Waals surface area contributed by atoms with E-state index in [0.29, 0.717) is 6.04 Å². The molecule has 114 valence electrons. The summed E-state index contributed by atoms with van der Waals surface area (Å²) < 4.78 is 3.13. The van der Waals surface area contributed by atoms with Crippen molar-refractivity contribution in [2.24, 2.45) is 0 Å². The fourth-order valence-electron chi connectivity index (χ4n) is 2.06. The SMILES string of the molecule is CCCn1ncnc1CC(CSc1cccc(Br)c1)NC. The fraction of sp³-hybridized carbons (Fsp3) is 0.467. The van der Waals surface area contributed by atoms with Crippen molar-refractivity contribution < 1.29 is 0 Å². The number of halogens is 1. The molecule has 0 aliphatic rings. The molecule has 2 aromatic rings. The van der Waals surface area contributed by atoms with E-state index < -0.39 is 0 Å². The lowest BCUT2D eigenvalue weighted by Crippen LogP contribution is -2.31. The molecule has 0 aliphatic carbocycles. The summed E-state index contributed by atoms with van der Waals surface area (Å²) in [5, 5.41) is 7.67. The summed E-state index contributed by atoms with van der Waals surface area (Å²) in [6, 6.07) is 8.79. The molecule has 1 unspecified atom stereocenters. The second kappa shape index (κ2) is 8.56. The van der Waals surface area contributed by atoms with Crippen LogP contribution in [-0.4, -0.2) is 33.6 Å². The monoisotopic (exact) mass is 368 g/mol. The van der Waals surface area contributed by atoms with Crippen molar-refractivity contribution in [1.82, 2.24) is 20.1 Å². The molecule has 4 nitrogen and oxygen atoms in total. The van der Waals surface area contributed by atoms with Gasteiger partial charge in [0, 0.05) is 34.1 Å². The van der Waals surface area contributed by atoms with E-state index in [-0.39, 0.29) is 0 Å². The van der Waals surface area contributed by atoms with Crippen LogP contribution in [0.25, 0.3) is 0 Å². The number of benzene rings is 1. The lowest BCUT2D eigenvalue weighted by molar-refractivity contribution is 0.528. The number of likely N-dealkylation sites (N-methyl/N-ethyl adjacent to an activating group) is 1. The highest BCUT2D eigenvalue weighted by molar-refractivity contribution is 9.10. The van der Waals surface area contributed by atoms with E-state index in [2.05, 4.69) is 56.5 Å². The molecule has 0 spiro atoms. The summed E-state index contributed by atoms with van der Waals surface area (Å²) in [4.78, 5) is 5.66. The third kappa shape index (κ3) is 5.13. The first-order valence-corrected chi connectivity index (χ1v) is 8.93. The average Bonchev–Trinajstić information content (AvgIpc) is 2.91. The van der Waals surface area contributed by atoms with Gasteiger partial charge in [0.1, 0.15) is 12.2 Å². The molecule has 0 saturated carbocycles. The number of hydrogen-bond acceptors (Lipinski definition) is 4. The molecular formula is C15H21BrN4S. The first-order valence-electron chi connectivity index (χ1n) is 7.15. The minimum Gasteiger partial charge on any atom is -0.316 e. The van der Waals surface area contributed by atoms with Crippen LogP contribution in [0.1, 0.15) is 19.2 Å². The van der Waals surface area contributed by atoms with Gasteiger partial charge >= 0.3 is 0 Å². The van der Waals surface area contributed by atoms with E-state index in [1.54, 1.807) is 6.33 Å². The molecular weight excluding hydrogens is 348 g/mol. The molecule has 2 rings (SSSR count). The highest BCUT2D eigenvalue weighted by Crippen LogP contribution is 2.23. The summed E-state index contributed by atoms with van der Waals surface area (Å²) in [7, 11) is 2.01. The van der Waals surface area contributed by atoms with Gasteiger partial charge in [0.2, 0.25) is 0 Å². The first-order chi connectivity index (χ1) is 10.2. The smallest absolute Gasteiger partial charge is 0.138 e. The molecule has 0 amide bonds. The Bertz CT molecular complexity index is 558. The maximum Gasteiger partial charge on any atom is 0.138 e. The molecule has 0 saturated heterocycles. The third-order valence-electron chi connectivity index (χ3n) is 3.22. The van der Waals surface area contributed by atoms with Gasteiger partial charge in [-0.3, -0.25) is 4.68 Å². The maximum atomic E-state index is 4.39. The Labute approximate surface area is 138 Å². The Morgan fingerprint density at radius 1 is 1.43 bits per heavy atom. The number of rotatable bonds is 8. The van der Waals surface area contributed by atoms with Crippen molar-refractivity contribution >= 4 is 27.7 Å². The number of nitrogens with zero attached hydrogens (tertiary/aromatic N) is 3. The molecule has 1 aromatic heterocycles. The van der Waals surface area contributed by atoms with Gasteiger partial charge in [0.05, 0.1) is 0 Å². The van der Waals surface area contributed by atoms with Crippen molar-refractivity contribution in [3.8, 4) is 0 Å². The molecule has 1 aromatic carbocycles. The predicted octanol–water partition coefficient (Wildman–Crippen LogP) is 3.37. The van der Waals surface area contributed by atoms with Gasteiger partial charge in [-0.2, -0.15) is 5.10 Å². The Balaban J connectivity index is 1.92. The van der Waals surface area contributed by atoms with Crippen molar-refractivity contribution in [2.75, 3.05) is 12.8 Å². The lowest BCUT2D eigenvalue weighted by atomic mass is 10.2. The van der Waals surface area contributed by atoms with Crippen molar-refractivity contribution in [3.63, 3.8) is 0 Å². The van der Waals surface area contributed by atoms with Gasteiger partial charge in [0.25, 0.3) is 0 Å². The average molecular weight is 369 g/mol. The lowest BCUT2D eigenvalue weighted by Gasteiger charge is -2.16. The highest BCUT2D eigenvalue weighted by Gasteiger charge is 2.12. The molecule has 21 heavy (non-hydrogen) atoms. The van der Waals surface area contributed by atoms with Crippen LogP contribution in [-0.2, 0) is 13.0 Å². The standard InChI is InChI=1S/C15H21BrN4S/c1-3-7-20-15(18-11-19-20)9-13(17-2)10-21-14-6-4-5-12(16)8-14/h4-6,8,11,13,17H,3,7,9-10H2,1-2H3. The fourth-order valence-corrected chi connectivity index (χ4v) is 3.68. The number of thioether (sulfide) groups is 1. The summed E-state index contributed by atoms with van der Waals surface area (Å²) >= 11 is 5.37. The van der Waals surface area contributed by atoms with Crippen molar-refractivity contribution in [2.45, 2.75) is 37.2 Å². The van der Waals surface area contributed by atoms with E-state index in [0.717, 1.165) is 35.4 Å². The van der Waals surface area contributed by atoms with Gasteiger partial charge in [-0.25, -0.2) is 4.98 Å². The molecule has 1 atom stereocenters. The van der Waals surface area contributed by atoms with E-state index in [1.807, 2.05) is 29.6 Å². The second-order valence-electron chi connectivity index (χ2n) is 4.86. The maximum absolute atomic E-state index is 4.39. The Morgan fingerprint density at radius 2 is 2.29 bits per heavy atom. The summed E-state index contributed by atoms with van der Waals surface area (Å²) in [6.45, 7) is 3.09. The van der Waals surface area contributed by atoms with Crippen molar-refractivity contribution in [3.05, 3.63) is 40.9 Å². The van der Waals surface area contributed by atoms with E-state index >= 15 is 0 Å². The number of nitrogens with one attached hydrogen (secondary N) is 1. The molecule has 0 fully saturated rings. The Morgan fingerprint density at radius 3 is 3.00 bits per heavy atom. The number of aromatic nitrogens is 3. The van der Waals surface area contributed by atoms with Crippen LogP contribution >= 0.6 is 27.7 Å². The minimum absolute atomic E-state index is 0.383. The zero-order valence-electron chi connectivity index (χ0n) is 12.4. The van der Waals surface area contributed by atoms with Gasteiger partial charge in [0.15, 0.2) is 0 Å². The van der Waals surface area contributed by atoms with Gasteiger partial charge in [-0.15, -0.1) is 11.8 Å². The van der Waals surface area contributed by atoms with Crippen LogP contribution in [0.15, 0.2) is 40.0 Å². The summed E-state index contributed by atoms with van der Waals surface area (Å²) in [5.74, 6) is 2.07. The summed E-state index contributed by atoms with van der Waals surface area (Å²) in [6.07, 6.45) is 3.63. The van der Waals surface area contributed by atoms with Crippen LogP contribution in [0.4, 0.5) is 0 Å². The molecule has 1 N–H and O–H groups in total. The zero-order chi connectivity index (χ0) is 15.1. The summed E-state index contributed by atoms with van der Waals surface area (Å²) in [5.41, 5.74) is 0. The van der Waals surface area contributed by atoms with Crippen LogP contribution in [0.2, 0.25) is 0 Å². The highest BCUT2D eigenvalue weighted by atomic mass is 79.9. The molecule has 1 heterocycles. The predicted molar refractivity (Wildman–Crippen MR) is 91.7 cm³/mol. The first kappa shape index (κ1) is 16.5. The normalized spacial score (nSPS) is 12.5. The Kier molecular flexibility index (Phi) is 6.73. The van der Waals surface area contributed by atoms with Crippen LogP contribution in [0.5, 0.6) is 0 Å². The van der Waals surface area contributed by atoms with Crippen LogP contribution in [0.3, 0.4) is 0 Å². The second-order valence-corrected chi connectivity index (χ2v) is 6.87. The Hall–Kier alpha value is -0.850. The van der Waals surface area contributed by atoms with Crippen LogP contribution in [0, 0.1) is 0 Å². The van der Waals surface area contributed by atoms with Gasteiger partial charge in [-0.1, -0.05) is 28.9 Å². The van der Waals surface area contributed by atoms with E-state index in [9.17, 15) is 0 Å². The number of hydrogen-bond donors (Lipinski definition) is 1. The molecule has 0 aliphatic heterocycles. The van der Waals surface area contributed by atoms with Gasteiger partial charge in [-0.05, 0) is 31.7 Å².